The smallest absolute Gasteiger partial charge is 0.399 e. The van der Waals surface area contributed by atoms with E-state index in [0.717, 1.165) is 6.29 Å². The highest BCUT2D eigenvalue weighted by molar-refractivity contribution is 9.11. The van der Waals surface area contributed by atoms with Crippen LogP contribution in [0.5, 0.6) is 0 Å². The fourth-order valence-electron chi connectivity index (χ4n) is 1.67. The molecular weight excluding hydrogens is 442 g/mol. The third kappa shape index (κ3) is 5.89. The Hall–Kier alpha value is -1.27. The van der Waals surface area contributed by atoms with E-state index in [1.54, 1.807) is 24.3 Å². The Labute approximate surface area is 150 Å². The van der Waals surface area contributed by atoms with Crippen LogP contribution in [0.25, 0.3) is 0 Å². The number of nitrogens with two attached hydrogens (primary N) is 1. The van der Waals surface area contributed by atoms with Gasteiger partial charge in [-0.25, -0.2) is 4.99 Å². The van der Waals surface area contributed by atoms with Gasteiger partial charge in [0.2, 0.25) is 0 Å². The van der Waals surface area contributed by atoms with E-state index in [0.29, 0.717) is 23.0 Å². The van der Waals surface area contributed by atoms with Gasteiger partial charge in [0.05, 0.1) is 5.04 Å². The largest absolute Gasteiger partial charge is 0.525 e. The molecule has 1 aliphatic rings. The topological polar surface area (TPSA) is 64.7 Å². The van der Waals surface area contributed by atoms with Gasteiger partial charge in [0, 0.05) is 11.3 Å². The van der Waals surface area contributed by atoms with Crippen LogP contribution >= 0.6 is 27.7 Å². The molecule has 140 valence electrons. The number of aliphatic imine (C=N–C) groups is 1. The summed E-state index contributed by atoms with van der Waals surface area (Å²) >= 11 is 3.01. The van der Waals surface area contributed by atoms with Gasteiger partial charge in [-0.2, -0.15) is 13.2 Å². The average Bonchev–Trinajstić information content (AvgIpc) is 2.72. The van der Waals surface area contributed by atoms with Crippen molar-refractivity contribution in [3.8, 4) is 0 Å². The van der Waals surface area contributed by atoms with Crippen molar-refractivity contribution in [3.63, 3.8) is 0 Å². The van der Waals surface area contributed by atoms with Crippen molar-refractivity contribution in [2.24, 2.45) is 4.99 Å². The highest BCUT2D eigenvalue weighted by atomic mass is 79.9. The molecule has 1 heterocycles. The third-order valence-electron chi connectivity index (χ3n) is 2.63. The predicted octanol–water partition coefficient (Wildman–Crippen LogP) is 4.75. The maximum atomic E-state index is 12.6. The summed E-state index contributed by atoms with van der Waals surface area (Å²) in [5.74, 6) is 0. The van der Waals surface area contributed by atoms with E-state index in [4.69, 9.17) is 5.73 Å². The number of halogens is 7. The molecule has 0 saturated heterocycles. The minimum atomic E-state index is -5.42. The molecule has 0 bridgehead atoms. The van der Waals surface area contributed by atoms with Crippen molar-refractivity contribution in [1.82, 2.24) is 0 Å². The van der Waals surface area contributed by atoms with Crippen LogP contribution in [0.15, 0.2) is 29.3 Å². The quantitative estimate of drug-likeness (QED) is 0.304. The van der Waals surface area contributed by atoms with E-state index in [1.807, 2.05) is 0 Å². The van der Waals surface area contributed by atoms with E-state index >= 15 is 0 Å². The Morgan fingerprint density at radius 1 is 1.32 bits per heavy atom. The number of nitrogens with zero attached hydrogens (tertiary/aromatic N) is 1. The normalized spacial score (nSPS) is 23.5. The summed E-state index contributed by atoms with van der Waals surface area (Å²) in [5.41, 5.74) is 3.01. The molecule has 1 aromatic rings. The van der Waals surface area contributed by atoms with Crippen LogP contribution in [0, 0.1) is 0 Å². The first-order valence-corrected chi connectivity index (χ1v) is 8.12. The van der Waals surface area contributed by atoms with Crippen molar-refractivity contribution in [2.45, 2.75) is 29.3 Å². The van der Waals surface area contributed by atoms with Crippen LogP contribution in [0.4, 0.5) is 32.0 Å². The average molecular weight is 453 g/mol. The number of ether oxygens (including phenoxy) is 1. The molecule has 0 spiro atoms. The van der Waals surface area contributed by atoms with Crippen molar-refractivity contribution in [1.29, 1.82) is 0 Å². The number of benzene rings is 1. The van der Waals surface area contributed by atoms with Gasteiger partial charge in [-0.15, -0.1) is 13.2 Å². The van der Waals surface area contributed by atoms with Gasteiger partial charge in [0.15, 0.2) is 0 Å². The lowest BCUT2D eigenvalue weighted by atomic mass is 10.2. The first-order chi connectivity index (χ1) is 11.3. The molecule has 1 aliphatic heterocycles. The number of rotatable bonds is 2. The first-order valence-electron chi connectivity index (χ1n) is 6.32. The molecule has 2 unspecified atom stereocenters. The lowest BCUT2D eigenvalue weighted by Crippen LogP contribution is -2.52. The Morgan fingerprint density at radius 2 is 1.92 bits per heavy atom. The number of thioether (sulfide) groups is 1. The fourth-order valence-corrected chi connectivity index (χ4v) is 3.82. The predicted molar refractivity (Wildman–Crippen MR) is 85.6 cm³/mol. The Balaban J connectivity index is 0.000000293. The number of carbonyl (C=O) groups excluding carboxylic acids is 1. The summed E-state index contributed by atoms with van der Waals surface area (Å²) < 4.78 is 75.2. The number of hydrogen-bond donors (Lipinski definition) is 1. The lowest BCUT2D eigenvalue weighted by molar-refractivity contribution is -0.408. The van der Waals surface area contributed by atoms with Crippen molar-refractivity contribution in [3.05, 3.63) is 29.8 Å². The minimum absolute atomic E-state index is 0.136. The number of nitrogen functional groups attached to an aromatic ring is 1. The van der Waals surface area contributed by atoms with Gasteiger partial charge in [-0.05, 0) is 19.1 Å². The van der Waals surface area contributed by atoms with E-state index in [9.17, 15) is 31.1 Å². The monoisotopic (exact) mass is 452 g/mol. The molecule has 0 aromatic heterocycles. The Kier molecular flexibility index (Phi) is 6.93. The molecule has 2 atom stereocenters. The molecule has 0 radical (unpaired) electrons. The number of alkyl halides is 7. The molecule has 4 nitrogen and oxygen atoms in total. The maximum absolute atomic E-state index is 12.6. The second-order valence-electron chi connectivity index (χ2n) is 4.59. The van der Waals surface area contributed by atoms with Gasteiger partial charge in [-0.3, -0.25) is 9.53 Å². The molecule has 0 saturated carbocycles. The number of anilines is 1. The molecule has 0 fully saturated rings. The highest BCUT2D eigenvalue weighted by Crippen LogP contribution is 2.51. The molecule has 2 rings (SSSR count). The number of aldehydes is 1. The van der Waals surface area contributed by atoms with Gasteiger partial charge in [0.1, 0.15) is 10.4 Å². The molecular formula is C13H11BrF6N2O2S. The molecule has 0 aliphatic carbocycles. The second-order valence-corrected chi connectivity index (χ2v) is 7.41. The molecule has 2 N–H and O–H groups in total. The summed E-state index contributed by atoms with van der Waals surface area (Å²) in [6.07, 6.45) is -9.91. The highest BCUT2D eigenvalue weighted by Gasteiger charge is 2.67. The van der Waals surface area contributed by atoms with Gasteiger partial charge < -0.3 is 5.73 Å². The molecule has 0 amide bonds. The third-order valence-corrected chi connectivity index (χ3v) is 4.77. The zero-order chi connectivity index (χ0) is 19.5. The van der Waals surface area contributed by atoms with E-state index in [-0.39, 0.29) is 5.04 Å². The van der Waals surface area contributed by atoms with Crippen LogP contribution in [-0.2, 0) is 4.74 Å². The van der Waals surface area contributed by atoms with Crippen LogP contribution in [0.2, 0.25) is 0 Å². The summed E-state index contributed by atoms with van der Waals surface area (Å²) in [7, 11) is 0. The van der Waals surface area contributed by atoms with Crippen LogP contribution in [-0.4, -0.2) is 33.8 Å². The standard InChI is InChI=1S/C7H7NO.C6H4BrF6NOS/c8-7-3-1-2-6(4-7)5-9;1-2-14-4(3(7)16-2,5(8,9)10)15-6(11,12)13/h1-5H,8H2;3H,1H3. The molecule has 1 aromatic carbocycles. The zero-order valence-electron chi connectivity index (χ0n) is 12.4. The lowest BCUT2D eigenvalue weighted by Gasteiger charge is -2.31. The molecule has 25 heavy (non-hydrogen) atoms. The summed E-state index contributed by atoms with van der Waals surface area (Å²) in [4.78, 5) is 13.0. The Morgan fingerprint density at radius 3 is 2.24 bits per heavy atom. The first kappa shape index (κ1) is 21.8. The van der Waals surface area contributed by atoms with Crippen molar-refractivity contribution < 1.29 is 35.9 Å². The van der Waals surface area contributed by atoms with Crippen LogP contribution < -0.4 is 5.73 Å². The van der Waals surface area contributed by atoms with Crippen molar-refractivity contribution >= 4 is 44.7 Å². The van der Waals surface area contributed by atoms with Gasteiger partial charge in [0.25, 0.3) is 5.72 Å². The van der Waals surface area contributed by atoms with Crippen molar-refractivity contribution in [2.75, 3.05) is 5.73 Å². The Bertz CT molecular complexity index is 652. The number of carbonyl (C=O) groups is 1. The van der Waals surface area contributed by atoms with Gasteiger partial charge >= 0.3 is 12.5 Å². The zero-order valence-corrected chi connectivity index (χ0v) is 14.8. The van der Waals surface area contributed by atoms with Crippen LogP contribution in [0.3, 0.4) is 0 Å². The van der Waals surface area contributed by atoms with E-state index in [2.05, 4.69) is 25.7 Å². The second kappa shape index (κ2) is 7.96. The summed E-state index contributed by atoms with van der Waals surface area (Å²) in [5, 5.41) is -0.136. The maximum Gasteiger partial charge on any atom is 0.525 e. The number of hydrogen-bond acceptors (Lipinski definition) is 5. The van der Waals surface area contributed by atoms with E-state index in [1.165, 1.54) is 6.92 Å². The molecule has 12 heteroatoms. The SMILES string of the molecule is CC1=NC(OC(F)(F)F)(C(F)(F)F)C(Br)S1.Nc1cccc(C=O)c1. The van der Waals surface area contributed by atoms with E-state index < -0.39 is 22.4 Å². The minimum Gasteiger partial charge on any atom is -0.399 e. The summed E-state index contributed by atoms with van der Waals surface area (Å²) in [6, 6.07) is 6.84. The van der Waals surface area contributed by atoms with Crippen LogP contribution in [0.1, 0.15) is 17.3 Å². The summed E-state index contributed by atoms with van der Waals surface area (Å²) in [6.45, 7) is 1.17. The van der Waals surface area contributed by atoms with Gasteiger partial charge in [-0.1, -0.05) is 39.8 Å². The fraction of sp³-hybridized carbons (Fsp3) is 0.385.